The predicted molar refractivity (Wildman–Crippen MR) is 30.4 cm³/mol. The van der Waals surface area contributed by atoms with Crippen LogP contribution in [0.5, 0.6) is 0 Å². The average Bonchev–Trinajstić information content (AvgIpc) is 2.03. The van der Waals surface area contributed by atoms with E-state index in [1.165, 1.54) is 0 Å². The van der Waals surface area contributed by atoms with Crippen LogP contribution < -0.4 is 0 Å². The molecule has 9 heteroatoms. The zero-order valence-electron chi connectivity index (χ0n) is 3.23. The Bertz CT molecular complexity index is 20.5. The molecule has 0 aliphatic carbocycles. The summed E-state index contributed by atoms with van der Waals surface area (Å²) in [7, 11) is 14.8. The molecule has 0 amide bonds. The van der Waals surface area contributed by atoms with Crippen molar-refractivity contribution in [1.82, 2.24) is 0 Å². The van der Waals surface area contributed by atoms with Gasteiger partial charge in [0.25, 0.3) is 0 Å². The van der Waals surface area contributed by atoms with Gasteiger partial charge in [0.05, 0.1) is 0 Å². The predicted octanol–water partition coefficient (Wildman–Crippen LogP) is 2.58. The van der Waals surface area contributed by atoms with Crippen LogP contribution in [0.4, 0.5) is 0 Å². The Balaban J connectivity index is -0.00000000762. The molecule has 1 radical (unpaired) electrons. The second-order valence-electron chi connectivity index (χ2n) is 0. The van der Waals surface area contributed by atoms with Crippen LogP contribution in [-0.2, 0) is 72.2 Å². The van der Waals surface area contributed by atoms with Crippen LogP contribution in [0.25, 0.3) is 0 Å². The molecule has 0 saturated carbocycles. The van der Waals surface area contributed by atoms with Crippen molar-refractivity contribution >= 4 is 42.6 Å². The summed E-state index contributed by atoms with van der Waals surface area (Å²) in [6, 6.07) is 0. The first kappa shape index (κ1) is 29.4. The monoisotopic (exact) mass is 419 g/mol. The molecule has 0 rings (SSSR count). The van der Waals surface area contributed by atoms with Crippen molar-refractivity contribution in [1.29, 1.82) is 0 Å². The zero-order chi connectivity index (χ0) is 8.00. The Morgan fingerprint density at radius 2 is 0.444 bits per heavy atom. The van der Waals surface area contributed by atoms with Crippen LogP contribution in [0, 0.1) is 0 Å². The van der Waals surface area contributed by atoms with Crippen molar-refractivity contribution in [3.8, 4) is 0 Å². The van der Waals surface area contributed by atoms with Gasteiger partial charge in [0.1, 0.15) is 0 Å². The molecule has 0 unspecified atom stereocenters. The molecule has 73 valence electrons. The summed E-state index contributed by atoms with van der Waals surface area (Å²) in [5, 5.41) is 0. The Hall–Kier alpha value is 3.36. The van der Waals surface area contributed by atoms with Crippen molar-refractivity contribution in [2.75, 3.05) is 0 Å². The fourth-order valence-corrected chi connectivity index (χ4v) is 0. The minimum absolute atomic E-state index is 0. The van der Waals surface area contributed by atoms with Gasteiger partial charge in [0, 0.05) is 16.8 Å². The molecular formula is CoNi4S4. The van der Waals surface area contributed by atoms with Crippen LogP contribution in [0.15, 0.2) is 0 Å². The van der Waals surface area contributed by atoms with Gasteiger partial charge in [-0.15, -0.1) is 0 Å². The summed E-state index contributed by atoms with van der Waals surface area (Å²) in [5.74, 6) is 0. The number of hydrogen-bond acceptors (Lipinski definition) is 4. The van der Waals surface area contributed by atoms with E-state index in [0.29, 0.717) is 0 Å². The van der Waals surface area contributed by atoms with Gasteiger partial charge < -0.3 is 0 Å². The number of hydrogen-bond donors (Lipinski definition) is 0. The SMILES string of the molecule is [Co].[S]=[Ni].[S]=[Ni].[S]=[Ni].[S]=[Ni]. The Morgan fingerprint density at radius 1 is 0.444 bits per heavy atom. The van der Waals surface area contributed by atoms with Gasteiger partial charge >= 0.3 is 98.1 Å². The molecule has 0 aliphatic heterocycles. The van der Waals surface area contributed by atoms with Crippen molar-refractivity contribution < 1.29 is 72.2 Å². The summed E-state index contributed by atoms with van der Waals surface area (Å²) < 4.78 is 0. The van der Waals surface area contributed by atoms with Gasteiger partial charge in [-0.2, -0.15) is 0 Å². The van der Waals surface area contributed by atoms with Gasteiger partial charge in [-0.1, -0.05) is 0 Å². The molecule has 0 heterocycles. The molecule has 0 fully saturated rings. The normalized spacial score (nSPS) is 2.67. The zero-order valence-corrected chi connectivity index (χ0v) is 11.5. The Kier molecular flexibility index (Phi) is 353. The van der Waals surface area contributed by atoms with Gasteiger partial charge in [0.2, 0.25) is 0 Å². The minimum atomic E-state index is 0. The van der Waals surface area contributed by atoms with E-state index in [4.69, 9.17) is 0 Å². The average molecular weight is 422 g/mol. The van der Waals surface area contributed by atoms with Crippen LogP contribution >= 0.6 is 42.6 Å². The van der Waals surface area contributed by atoms with E-state index in [1.807, 2.05) is 0 Å². The summed E-state index contributed by atoms with van der Waals surface area (Å²) in [4.78, 5) is 0. The van der Waals surface area contributed by atoms with E-state index in [9.17, 15) is 0 Å². The van der Waals surface area contributed by atoms with Crippen molar-refractivity contribution in [2.45, 2.75) is 0 Å². The summed E-state index contributed by atoms with van der Waals surface area (Å²) in [5.41, 5.74) is 0. The standard InChI is InChI=1S/Co.4Ni.4S. The first-order valence-electron chi connectivity index (χ1n) is 0.516. The van der Waals surface area contributed by atoms with Crippen molar-refractivity contribution in [2.24, 2.45) is 0 Å². The molecule has 0 aromatic heterocycles. The van der Waals surface area contributed by atoms with Crippen molar-refractivity contribution in [3.05, 3.63) is 0 Å². The first-order valence-corrected chi connectivity index (χ1v) is 6.39. The van der Waals surface area contributed by atoms with E-state index in [1.54, 1.807) is 0 Å². The maximum absolute atomic E-state index is 3.71. The molecule has 0 aliphatic rings. The molecule has 9 heavy (non-hydrogen) atoms. The molecule has 0 spiro atoms. The summed E-state index contributed by atoms with van der Waals surface area (Å²) in [6.45, 7) is 0. The molecule has 0 atom stereocenters. The Morgan fingerprint density at radius 3 is 0.444 bits per heavy atom. The molecule has 0 saturated heterocycles. The molecule has 0 bridgehead atoms. The fraction of sp³-hybridized carbons (Fsp3) is 0. The van der Waals surface area contributed by atoms with Gasteiger partial charge in [-0.05, 0) is 0 Å². The van der Waals surface area contributed by atoms with E-state index in [-0.39, 0.29) is 16.8 Å². The first-order chi connectivity index (χ1) is 4.00. The van der Waals surface area contributed by atoms with Crippen LogP contribution in [0.2, 0.25) is 0 Å². The summed E-state index contributed by atoms with van der Waals surface area (Å²) in [6.07, 6.45) is 0. The van der Waals surface area contributed by atoms with E-state index in [0.717, 1.165) is 0 Å². The number of rotatable bonds is 0. The third kappa shape index (κ3) is 88.1. The van der Waals surface area contributed by atoms with Gasteiger partial charge in [0.15, 0.2) is 0 Å². The second kappa shape index (κ2) is 108. The van der Waals surface area contributed by atoms with Crippen molar-refractivity contribution in [3.63, 3.8) is 0 Å². The second-order valence-corrected chi connectivity index (χ2v) is 0. The molecule has 0 aromatic carbocycles. The fourth-order valence-electron chi connectivity index (χ4n) is 0. The third-order valence-electron chi connectivity index (χ3n) is 0. The topological polar surface area (TPSA) is 0 Å². The molecule has 0 N–H and O–H groups in total. The van der Waals surface area contributed by atoms with E-state index in [2.05, 4.69) is 98.1 Å². The van der Waals surface area contributed by atoms with E-state index < -0.39 is 0 Å². The van der Waals surface area contributed by atoms with Gasteiger partial charge in [-0.25, -0.2) is 0 Å². The van der Waals surface area contributed by atoms with Gasteiger partial charge in [-0.3, -0.25) is 0 Å². The summed E-state index contributed by atoms with van der Waals surface area (Å²) >= 11 is 13.8. The van der Waals surface area contributed by atoms with Crippen LogP contribution in [-0.4, -0.2) is 0 Å². The Labute approximate surface area is 113 Å². The molecule has 0 nitrogen and oxygen atoms in total. The third-order valence-corrected chi connectivity index (χ3v) is 0. The van der Waals surface area contributed by atoms with E-state index >= 15 is 0 Å². The molecular weight excluding hydrogens is 422 g/mol. The quantitative estimate of drug-likeness (QED) is 0.551. The maximum atomic E-state index is 3.71. The van der Waals surface area contributed by atoms with Crippen LogP contribution in [0.3, 0.4) is 0 Å². The van der Waals surface area contributed by atoms with Crippen LogP contribution in [0.1, 0.15) is 0 Å². The molecule has 0 aromatic rings.